The van der Waals surface area contributed by atoms with Gasteiger partial charge in [-0.15, -0.1) is 9.24 Å². The van der Waals surface area contributed by atoms with Crippen LogP contribution in [0.2, 0.25) is 0 Å². The van der Waals surface area contributed by atoms with Crippen molar-refractivity contribution in [2.24, 2.45) is 0 Å². The van der Waals surface area contributed by atoms with Crippen molar-refractivity contribution in [1.82, 2.24) is 8.87 Å². The van der Waals surface area contributed by atoms with Gasteiger partial charge in [0.2, 0.25) is 0 Å². The Morgan fingerprint density at radius 1 is 1.21 bits per heavy atom. The number of benzene rings is 2. The van der Waals surface area contributed by atoms with Crippen molar-refractivity contribution in [3.8, 4) is 0 Å². The van der Waals surface area contributed by atoms with E-state index >= 15 is 0 Å². The zero-order valence-corrected chi connectivity index (χ0v) is 18.2. The topological polar surface area (TPSA) is 45.5 Å². The third-order valence-electron chi connectivity index (χ3n) is 5.60. The molecule has 1 N–H and O–H groups in total. The molecule has 1 fully saturated rings. The smallest absolute Gasteiger partial charge is 0.323 e. The van der Waals surface area contributed by atoms with Gasteiger partial charge in [0.15, 0.2) is 0 Å². The molecule has 0 saturated carbocycles. The fourth-order valence-corrected chi connectivity index (χ4v) is 5.47. The van der Waals surface area contributed by atoms with Gasteiger partial charge in [0.05, 0.1) is 0 Å². The Balaban J connectivity index is 1.56. The highest BCUT2D eigenvalue weighted by atomic mass is 32.2. The highest BCUT2D eigenvalue weighted by molar-refractivity contribution is 7.97. The Bertz CT molecular complexity index is 1040. The van der Waals surface area contributed by atoms with E-state index in [1.165, 1.54) is 23.1 Å². The van der Waals surface area contributed by atoms with Crippen molar-refractivity contribution in [2.75, 3.05) is 13.1 Å². The lowest BCUT2D eigenvalue weighted by atomic mass is 9.88. The van der Waals surface area contributed by atoms with Gasteiger partial charge in [0.1, 0.15) is 12.4 Å². The van der Waals surface area contributed by atoms with Gasteiger partial charge in [-0.2, -0.15) is 0 Å². The molecule has 0 spiro atoms. The second-order valence-electron chi connectivity index (χ2n) is 7.50. The number of aliphatic carboxylic acids is 1. The van der Waals surface area contributed by atoms with E-state index in [0.29, 0.717) is 5.92 Å². The van der Waals surface area contributed by atoms with Crippen LogP contribution in [0.4, 0.5) is 4.39 Å². The molecule has 7 heteroatoms. The Morgan fingerprint density at radius 3 is 2.55 bits per heavy atom. The van der Waals surface area contributed by atoms with E-state index in [1.807, 2.05) is 35.8 Å². The first kappa shape index (κ1) is 20.4. The molecule has 4 rings (SSSR count). The number of fused-ring (bicyclic) bond motifs is 1. The predicted molar refractivity (Wildman–Crippen MR) is 119 cm³/mol. The number of halogens is 1. The van der Waals surface area contributed by atoms with Gasteiger partial charge in [-0.05, 0) is 84.9 Å². The van der Waals surface area contributed by atoms with Crippen molar-refractivity contribution in [3.05, 3.63) is 59.5 Å². The zero-order chi connectivity index (χ0) is 20.5. The second kappa shape index (κ2) is 8.47. The van der Waals surface area contributed by atoms with Crippen LogP contribution in [0, 0.1) is 12.7 Å². The van der Waals surface area contributed by atoms with Gasteiger partial charge in [-0.1, -0.05) is 6.07 Å². The average Bonchev–Trinajstić information content (AvgIpc) is 2.95. The van der Waals surface area contributed by atoms with Crippen LogP contribution in [0.3, 0.4) is 0 Å². The first-order valence-corrected chi connectivity index (χ1v) is 11.1. The van der Waals surface area contributed by atoms with E-state index < -0.39 is 5.97 Å². The number of rotatable bonds is 5. The molecule has 1 aliphatic rings. The summed E-state index contributed by atoms with van der Waals surface area (Å²) in [5.41, 5.74) is 3.34. The lowest BCUT2D eigenvalue weighted by Crippen LogP contribution is -2.27. The van der Waals surface area contributed by atoms with Crippen molar-refractivity contribution in [1.29, 1.82) is 0 Å². The van der Waals surface area contributed by atoms with Crippen molar-refractivity contribution >= 4 is 43.4 Å². The summed E-state index contributed by atoms with van der Waals surface area (Å²) in [7, 11) is 2.74. The molecular formula is C22H24FN2O2PS. The summed E-state index contributed by atoms with van der Waals surface area (Å²) in [5.74, 6) is -0.629. The first-order valence-electron chi connectivity index (χ1n) is 9.71. The highest BCUT2D eigenvalue weighted by Gasteiger charge is 2.27. The molecule has 1 atom stereocenters. The summed E-state index contributed by atoms with van der Waals surface area (Å²) >= 11 is 1.67. The Morgan fingerprint density at radius 2 is 1.90 bits per heavy atom. The van der Waals surface area contributed by atoms with Crippen molar-refractivity contribution in [3.63, 3.8) is 0 Å². The molecule has 0 amide bonds. The monoisotopic (exact) mass is 430 g/mol. The van der Waals surface area contributed by atoms with Gasteiger partial charge in [-0.25, -0.2) is 8.70 Å². The molecule has 152 valence electrons. The highest BCUT2D eigenvalue weighted by Crippen LogP contribution is 2.39. The third kappa shape index (κ3) is 4.35. The summed E-state index contributed by atoms with van der Waals surface area (Å²) < 4.78 is 17.4. The molecule has 3 aromatic rings. The molecule has 29 heavy (non-hydrogen) atoms. The fourth-order valence-electron chi connectivity index (χ4n) is 4.26. The number of hydrogen-bond donors (Lipinski definition) is 1. The molecule has 2 aromatic carbocycles. The van der Waals surface area contributed by atoms with Crippen molar-refractivity contribution in [2.45, 2.75) is 37.1 Å². The Kier molecular flexibility index (Phi) is 5.95. The Hall–Kier alpha value is -1.88. The van der Waals surface area contributed by atoms with Crippen molar-refractivity contribution < 1.29 is 14.3 Å². The number of carboxylic acids is 1. The van der Waals surface area contributed by atoms with E-state index in [9.17, 15) is 14.3 Å². The molecule has 4 nitrogen and oxygen atoms in total. The summed E-state index contributed by atoms with van der Waals surface area (Å²) in [6, 6.07) is 12.8. The molecule has 1 unspecified atom stereocenters. The van der Waals surface area contributed by atoms with Crippen LogP contribution in [0.25, 0.3) is 10.9 Å². The number of piperidine rings is 1. The van der Waals surface area contributed by atoms with E-state index in [4.69, 9.17) is 0 Å². The zero-order valence-electron chi connectivity index (χ0n) is 16.3. The molecule has 0 aliphatic carbocycles. The minimum atomic E-state index is -0.822. The summed E-state index contributed by atoms with van der Waals surface area (Å²) in [6.45, 7) is 3.91. The maximum atomic E-state index is 13.1. The SMILES string of the molecule is Cc1c(C2CCN(Sc3ccc(F)cc3)CC2)c2cc(P)ccc2n1CC(=O)O. The quantitative estimate of drug-likeness (QED) is 0.476. The Labute approximate surface area is 176 Å². The molecule has 1 aromatic heterocycles. The van der Waals surface area contributed by atoms with E-state index in [-0.39, 0.29) is 12.4 Å². The van der Waals surface area contributed by atoms with Crippen LogP contribution in [-0.4, -0.2) is 33.0 Å². The average molecular weight is 430 g/mol. The largest absolute Gasteiger partial charge is 0.480 e. The number of hydrogen-bond acceptors (Lipinski definition) is 3. The second-order valence-corrected chi connectivity index (χ2v) is 9.34. The molecule has 1 aliphatic heterocycles. The lowest BCUT2D eigenvalue weighted by molar-refractivity contribution is -0.137. The predicted octanol–water partition coefficient (Wildman–Crippen LogP) is 4.56. The minimum absolute atomic E-state index is 0.0161. The fraction of sp³-hybridized carbons (Fsp3) is 0.318. The van der Waals surface area contributed by atoms with Gasteiger partial charge in [-0.3, -0.25) is 4.79 Å². The van der Waals surface area contributed by atoms with Gasteiger partial charge >= 0.3 is 5.97 Å². The normalized spacial score (nSPS) is 15.8. The van der Waals surface area contributed by atoms with Gasteiger partial charge in [0.25, 0.3) is 0 Å². The van der Waals surface area contributed by atoms with E-state index in [1.54, 1.807) is 11.9 Å². The third-order valence-corrected chi connectivity index (χ3v) is 7.07. The molecule has 0 bridgehead atoms. The molecule has 2 heterocycles. The summed E-state index contributed by atoms with van der Waals surface area (Å²) in [5, 5.41) is 11.6. The molecular weight excluding hydrogens is 406 g/mol. The molecule has 0 radical (unpaired) electrons. The minimum Gasteiger partial charge on any atom is -0.480 e. The van der Waals surface area contributed by atoms with E-state index in [2.05, 4.69) is 19.6 Å². The summed E-state index contributed by atoms with van der Waals surface area (Å²) in [4.78, 5) is 12.4. The van der Waals surface area contributed by atoms with E-state index in [0.717, 1.165) is 47.3 Å². The number of nitrogens with zero attached hydrogens (tertiary/aromatic N) is 2. The standard InChI is InChI=1S/C22H24FN2O2PS/c1-14-22(19-12-17(28)4-7-20(19)25(14)13-21(26)27)15-8-10-24(11-9-15)29-18-5-2-16(23)3-6-18/h2-7,12,15H,8-11,13,28H2,1H3,(H,26,27). The van der Waals surface area contributed by atoms with Crippen LogP contribution in [0.5, 0.6) is 0 Å². The van der Waals surface area contributed by atoms with Gasteiger partial charge < -0.3 is 9.67 Å². The molecule has 1 saturated heterocycles. The maximum Gasteiger partial charge on any atom is 0.323 e. The number of carboxylic acid groups (broad SMARTS) is 1. The van der Waals surface area contributed by atoms with Crippen LogP contribution in [0.1, 0.15) is 30.0 Å². The van der Waals surface area contributed by atoms with Crippen LogP contribution in [-0.2, 0) is 11.3 Å². The number of aromatic nitrogens is 1. The van der Waals surface area contributed by atoms with Crippen LogP contribution >= 0.6 is 21.2 Å². The van der Waals surface area contributed by atoms with Gasteiger partial charge in [0, 0.05) is 34.6 Å². The maximum absolute atomic E-state index is 13.1. The summed E-state index contributed by atoms with van der Waals surface area (Å²) in [6.07, 6.45) is 2.03. The number of carbonyl (C=O) groups is 1. The van der Waals surface area contributed by atoms with Crippen LogP contribution in [0.15, 0.2) is 47.4 Å². The van der Waals surface area contributed by atoms with Crippen LogP contribution < -0.4 is 5.30 Å². The lowest BCUT2D eigenvalue weighted by Gasteiger charge is -2.31. The first-order chi connectivity index (χ1) is 13.9.